The second-order valence-corrected chi connectivity index (χ2v) is 5.97. The normalized spacial score (nSPS) is 13.3. The Balaban J connectivity index is 1.73. The van der Waals surface area contributed by atoms with Gasteiger partial charge in [0, 0.05) is 22.9 Å². The summed E-state index contributed by atoms with van der Waals surface area (Å²) >= 11 is 1.61. The van der Waals surface area contributed by atoms with Crippen molar-refractivity contribution in [3.05, 3.63) is 51.0 Å². The molecule has 1 aromatic carbocycles. The molecule has 0 saturated carbocycles. The molecule has 0 fully saturated rings. The number of nitrogens with one attached hydrogen (secondary N) is 1. The molecule has 0 saturated heterocycles. The van der Waals surface area contributed by atoms with Crippen molar-refractivity contribution < 1.29 is 9.59 Å². The Morgan fingerprint density at radius 2 is 2.24 bits per heavy atom. The molecule has 0 bridgehead atoms. The first-order valence-electron chi connectivity index (χ1n) is 7.05. The Bertz CT molecular complexity index is 706. The van der Waals surface area contributed by atoms with Gasteiger partial charge in [0.25, 0.3) is 5.91 Å². The first kappa shape index (κ1) is 13.9. The van der Waals surface area contributed by atoms with Crippen molar-refractivity contribution in [3.8, 4) is 0 Å². The summed E-state index contributed by atoms with van der Waals surface area (Å²) in [5.74, 6) is -0.000614. The molecule has 21 heavy (non-hydrogen) atoms. The van der Waals surface area contributed by atoms with Gasteiger partial charge in [0.15, 0.2) is 5.78 Å². The maximum Gasteiger partial charge on any atom is 0.251 e. The Kier molecular flexibility index (Phi) is 3.84. The lowest BCUT2D eigenvalue weighted by atomic mass is 10.0. The molecule has 3 rings (SSSR count). The molecule has 0 radical (unpaired) electrons. The lowest BCUT2D eigenvalue weighted by molar-refractivity contribution is 0.0948. The van der Waals surface area contributed by atoms with Crippen molar-refractivity contribution in [2.75, 3.05) is 0 Å². The molecule has 1 heterocycles. The van der Waals surface area contributed by atoms with Gasteiger partial charge in [-0.2, -0.15) is 0 Å². The van der Waals surface area contributed by atoms with Crippen LogP contribution in [-0.4, -0.2) is 16.7 Å². The average Bonchev–Trinajstić information content (AvgIpc) is 3.12. The van der Waals surface area contributed by atoms with Crippen LogP contribution in [0.2, 0.25) is 0 Å². The highest BCUT2D eigenvalue weighted by molar-refractivity contribution is 7.09. The van der Waals surface area contributed by atoms with Crippen LogP contribution in [0.1, 0.15) is 50.3 Å². The van der Waals surface area contributed by atoms with Gasteiger partial charge in [-0.25, -0.2) is 4.98 Å². The van der Waals surface area contributed by atoms with Gasteiger partial charge in [-0.3, -0.25) is 9.59 Å². The molecule has 4 nitrogen and oxygen atoms in total. The van der Waals surface area contributed by atoms with E-state index >= 15 is 0 Å². The highest BCUT2D eigenvalue weighted by Crippen LogP contribution is 2.25. The van der Waals surface area contributed by atoms with E-state index in [1.54, 1.807) is 29.5 Å². The van der Waals surface area contributed by atoms with Crippen molar-refractivity contribution in [3.63, 3.8) is 0 Å². The third-order valence-corrected chi connectivity index (χ3v) is 4.70. The smallest absolute Gasteiger partial charge is 0.251 e. The van der Waals surface area contributed by atoms with Gasteiger partial charge in [-0.05, 0) is 24.5 Å². The molecule has 1 aliphatic rings. The number of hydrogen-bond donors (Lipinski definition) is 1. The van der Waals surface area contributed by atoms with Gasteiger partial charge in [0.2, 0.25) is 0 Å². The molecule has 0 unspecified atom stereocenters. The van der Waals surface area contributed by atoms with Gasteiger partial charge in [-0.15, -0.1) is 11.3 Å². The molecule has 1 aromatic heterocycles. The summed E-state index contributed by atoms with van der Waals surface area (Å²) in [4.78, 5) is 28.5. The number of hydrogen-bond acceptors (Lipinski definition) is 4. The fourth-order valence-electron chi connectivity index (χ4n) is 2.56. The number of Topliss-reactive ketones (excluding diaryl/α,β-unsaturated/α-hetero) is 1. The maximum absolute atomic E-state index is 12.3. The Labute approximate surface area is 127 Å². The zero-order valence-corrected chi connectivity index (χ0v) is 12.6. The van der Waals surface area contributed by atoms with Crippen LogP contribution in [0.15, 0.2) is 23.6 Å². The molecule has 108 valence electrons. The number of rotatable bonds is 4. The van der Waals surface area contributed by atoms with Crippen LogP contribution in [-0.2, 0) is 19.4 Å². The number of nitrogens with zero attached hydrogens (tertiary/aromatic N) is 1. The molecule has 2 aromatic rings. The fourth-order valence-corrected chi connectivity index (χ4v) is 3.31. The Morgan fingerprint density at radius 1 is 1.38 bits per heavy atom. The van der Waals surface area contributed by atoms with E-state index in [9.17, 15) is 9.59 Å². The predicted molar refractivity (Wildman–Crippen MR) is 81.8 cm³/mol. The topological polar surface area (TPSA) is 59.1 Å². The fraction of sp³-hybridized carbons (Fsp3) is 0.312. The number of benzene rings is 1. The molecule has 0 atom stereocenters. The van der Waals surface area contributed by atoms with E-state index < -0.39 is 0 Å². The Morgan fingerprint density at radius 3 is 3.00 bits per heavy atom. The Hall–Kier alpha value is -2.01. The minimum Gasteiger partial charge on any atom is -0.346 e. The third kappa shape index (κ3) is 2.74. The van der Waals surface area contributed by atoms with Gasteiger partial charge in [-0.1, -0.05) is 19.1 Å². The largest absolute Gasteiger partial charge is 0.346 e. The molecule has 0 aliphatic heterocycles. The van der Waals surface area contributed by atoms with Crippen LogP contribution in [0, 0.1) is 0 Å². The summed E-state index contributed by atoms with van der Waals surface area (Å²) in [6.07, 6.45) is 2.08. The minimum absolute atomic E-state index is 0.131. The van der Waals surface area contributed by atoms with Crippen molar-refractivity contribution in [1.82, 2.24) is 10.3 Å². The van der Waals surface area contributed by atoms with Crippen molar-refractivity contribution in [2.45, 2.75) is 32.7 Å². The number of carbonyl (C=O) groups excluding carboxylic acids is 2. The van der Waals surface area contributed by atoms with Crippen LogP contribution in [0.25, 0.3) is 0 Å². The lowest BCUT2D eigenvalue weighted by Gasteiger charge is -2.08. The first-order chi connectivity index (χ1) is 10.2. The quantitative estimate of drug-likeness (QED) is 0.944. The number of ketones is 1. The van der Waals surface area contributed by atoms with E-state index in [1.807, 2.05) is 5.38 Å². The van der Waals surface area contributed by atoms with E-state index in [1.165, 1.54) is 0 Å². The number of aromatic nitrogens is 1. The van der Waals surface area contributed by atoms with Crippen molar-refractivity contribution in [1.29, 1.82) is 0 Å². The monoisotopic (exact) mass is 300 g/mol. The van der Waals surface area contributed by atoms with Crippen molar-refractivity contribution in [2.24, 2.45) is 0 Å². The van der Waals surface area contributed by atoms with Gasteiger partial charge in [0.05, 0.1) is 17.2 Å². The van der Waals surface area contributed by atoms with E-state index in [2.05, 4.69) is 17.2 Å². The summed E-state index contributed by atoms with van der Waals surface area (Å²) in [7, 11) is 0. The highest BCUT2D eigenvalue weighted by atomic mass is 32.1. The number of aryl methyl sites for hydroxylation is 1. The summed E-state index contributed by atoms with van der Waals surface area (Å²) in [6, 6.07) is 5.36. The van der Waals surface area contributed by atoms with E-state index in [0.717, 1.165) is 22.7 Å². The number of carbonyl (C=O) groups is 2. The molecule has 1 N–H and O–H groups in total. The van der Waals surface area contributed by atoms with E-state index in [4.69, 9.17) is 0 Å². The summed E-state index contributed by atoms with van der Waals surface area (Å²) in [5, 5.41) is 5.94. The number of amides is 1. The SMILES string of the molecule is CCc1nc(CNC(=O)c2cccc3c2CCC3=O)cs1. The van der Waals surface area contributed by atoms with Gasteiger partial charge in [0.1, 0.15) is 0 Å². The van der Waals surface area contributed by atoms with Crippen LogP contribution >= 0.6 is 11.3 Å². The highest BCUT2D eigenvalue weighted by Gasteiger charge is 2.24. The maximum atomic E-state index is 12.3. The van der Waals surface area contributed by atoms with Crippen LogP contribution in [0.4, 0.5) is 0 Å². The number of thiazole rings is 1. The molecule has 0 spiro atoms. The van der Waals surface area contributed by atoms with Crippen molar-refractivity contribution >= 4 is 23.0 Å². The third-order valence-electron chi connectivity index (χ3n) is 3.65. The van der Waals surface area contributed by atoms with Crippen LogP contribution < -0.4 is 5.32 Å². The summed E-state index contributed by atoms with van der Waals surface area (Å²) in [6.45, 7) is 2.48. The van der Waals surface area contributed by atoms with Crippen LogP contribution in [0.3, 0.4) is 0 Å². The lowest BCUT2D eigenvalue weighted by Crippen LogP contribution is -2.24. The summed E-state index contributed by atoms with van der Waals surface area (Å²) < 4.78 is 0. The zero-order chi connectivity index (χ0) is 14.8. The average molecular weight is 300 g/mol. The predicted octanol–water partition coefficient (Wildman–Crippen LogP) is 2.76. The van der Waals surface area contributed by atoms with E-state index in [0.29, 0.717) is 30.5 Å². The minimum atomic E-state index is -0.132. The van der Waals surface area contributed by atoms with Gasteiger partial charge >= 0.3 is 0 Å². The molecule has 1 aliphatic carbocycles. The second kappa shape index (κ2) is 5.77. The number of fused-ring (bicyclic) bond motifs is 1. The first-order valence-corrected chi connectivity index (χ1v) is 7.93. The van der Waals surface area contributed by atoms with Gasteiger partial charge < -0.3 is 5.32 Å². The van der Waals surface area contributed by atoms with Crippen LogP contribution in [0.5, 0.6) is 0 Å². The molecule has 1 amide bonds. The zero-order valence-electron chi connectivity index (χ0n) is 11.8. The summed E-state index contributed by atoms with van der Waals surface area (Å²) in [5.41, 5.74) is 3.08. The molecule has 5 heteroatoms. The second-order valence-electron chi connectivity index (χ2n) is 5.02. The van der Waals surface area contributed by atoms with E-state index in [-0.39, 0.29) is 11.7 Å². The molecular formula is C16H16N2O2S. The molecular weight excluding hydrogens is 284 g/mol. The standard InChI is InChI=1S/C16H16N2O2S/c1-2-15-18-10(9-21-15)8-17-16(20)13-5-3-4-12-11(13)6-7-14(12)19/h3-5,9H,2,6-8H2,1H3,(H,17,20).